The van der Waals surface area contributed by atoms with Crippen LogP contribution in [0.2, 0.25) is 0 Å². The molecule has 0 aromatic heterocycles. The number of rotatable bonds is 8. The fourth-order valence-electron chi connectivity index (χ4n) is 2.04. The number of hydrogen-bond donors (Lipinski definition) is 7. The van der Waals surface area contributed by atoms with Crippen molar-refractivity contribution < 1.29 is 120 Å². The quantitative estimate of drug-likeness (QED) is 0.109. The fraction of sp³-hybridized carbons (Fsp3) is 1.00. The number of aliphatic hydroxyl groups is 3. The summed E-state index contributed by atoms with van der Waals surface area (Å²) in [5.74, 6) is 0. The van der Waals surface area contributed by atoms with Gasteiger partial charge in [0.05, 0.1) is 19.3 Å². The molecule has 16 heteroatoms. The predicted octanol–water partition coefficient (Wildman–Crippen LogP) is -7.93. The van der Waals surface area contributed by atoms with E-state index in [0.717, 1.165) is 0 Å². The van der Waals surface area contributed by atoms with E-state index in [0.29, 0.717) is 0 Å². The van der Waals surface area contributed by atoms with E-state index in [1.807, 2.05) is 0 Å². The smallest absolute Gasteiger partial charge is 1.00 e. The van der Waals surface area contributed by atoms with Crippen LogP contribution in [0.1, 0.15) is 15.7 Å². The zero-order chi connectivity index (χ0) is 17.8. The molecule has 0 bridgehead atoms. The molecule has 0 aliphatic carbocycles. The van der Waals surface area contributed by atoms with Gasteiger partial charge in [-0.25, -0.2) is 9.13 Å². The first-order valence-corrected chi connectivity index (χ1v) is 9.56. The molecule has 1 saturated heterocycles. The Hall–Kier alpha value is 2.06. The second kappa shape index (κ2) is 12.6. The van der Waals surface area contributed by atoms with Gasteiger partial charge >= 0.3 is 74.8 Å². The van der Waals surface area contributed by atoms with Crippen LogP contribution in [0, 0.1) is 0 Å². The maximum atomic E-state index is 10.6. The summed E-state index contributed by atoms with van der Waals surface area (Å²) >= 11 is 0. The Kier molecular flexibility index (Phi) is 14.7. The summed E-state index contributed by atoms with van der Waals surface area (Å²) in [7, 11) is -9.41. The zero-order valence-electron chi connectivity index (χ0n) is 15.8. The second-order valence-corrected chi connectivity index (χ2v) is 7.42. The molecule has 5 unspecified atom stereocenters. The standard InChI is InChI=1S/C9H20O12P2.2Na.2H/c10-7-5(2-1-3-19-22(13,14)15)21-6(8(11)9(7)12)4-20-23(16,17)18;;;;/h5-12H,1-4H2,(H2,13,14,15)(H2,16,17,18);;;;/q;2*+1;2*-1. The molecule has 0 radical (unpaired) electrons. The van der Waals surface area contributed by atoms with E-state index in [-0.39, 0.29) is 81.4 Å². The van der Waals surface area contributed by atoms with Crippen LogP contribution in [-0.2, 0) is 22.9 Å². The molecule has 0 amide bonds. The molecular weight excluding hydrogens is 408 g/mol. The topological polar surface area (TPSA) is 203 Å². The maximum absolute atomic E-state index is 10.6. The molecule has 0 aromatic rings. The third kappa shape index (κ3) is 11.6. The van der Waals surface area contributed by atoms with Crippen LogP contribution in [-0.4, -0.2) is 78.6 Å². The summed E-state index contributed by atoms with van der Waals surface area (Å²) in [6, 6.07) is 0. The Morgan fingerprint density at radius 3 is 1.80 bits per heavy atom. The van der Waals surface area contributed by atoms with E-state index in [1.165, 1.54) is 0 Å². The van der Waals surface area contributed by atoms with Gasteiger partial charge in [-0.1, -0.05) is 0 Å². The molecule has 142 valence electrons. The Balaban J connectivity index is -0.000000661. The van der Waals surface area contributed by atoms with Crippen LogP contribution in [0.5, 0.6) is 0 Å². The minimum atomic E-state index is -4.80. The first-order valence-electron chi connectivity index (χ1n) is 6.50. The second-order valence-electron chi connectivity index (χ2n) is 4.94. The first-order chi connectivity index (χ1) is 10.4. The van der Waals surface area contributed by atoms with Gasteiger partial charge in [0.15, 0.2) is 0 Å². The van der Waals surface area contributed by atoms with E-state index in [4.69, 9.17) is 24.3 Å². The zero-order valence-corrected chi connectivity index (χ0v) is 19.6. The summed E-state index contributed by atoms with van der Waals surface area (Å²) in [6.45, 7) is -1.05. The van der Waals surface area contributed by atoms with Gasteiger partial charge < -0.3 is 42.5 Å². The molecule has 1 rings (SSSR count). The van der Waals surface area contributed by atoms with Gasteiger partial charge in [-0.05, 0) is 12.8 Å². The summed E-state index contributed by atoms with van der Waals surface area (Å²) in [4.78, 5) is 34.3. The van der Waals surface area contributed by atoms with Crippen molar-refractivity contribution in [2.45, 2.75) is 43.4 Å². The van der Waals surface area contributed by atoms with Crippen LogP contribution < -0.4 is 59.1 Å². The first kappa shape index (κ1) is 29.3. The number of aliphatic hydroxyl groups excluding tert-OH is 3. The number of phosphoric acid groups is 2. The maximum Gasteiger partial charge on any atom is 1.00 e. The van der Waals surface area contributed by atoms with Gasteiger partial charge in [-0.3, -0.25) is 9.05 Å². The molecule has 0 saturated carbocycles. The van der Waals surface area contributed by atoms with Crippen molar-refractivity contribution in [2.24, 2.45) is 0 Å². The summed E-state index contributed by atoms with van der Waals surface area (Å²) in [5, 5.41) is 29.2. The van der Waals surface area contributed by atoms with Crippen molar-refractivity contribution in [3.8, 4) is 0 Å². The molecule has 1 heterocycles. The molecule has 1 aliphatic rings. The summed E-state index contributed by atoms with van der Waals surface area (Å²) in [5.41, 5.74) is 0. The van der Waals surface area contributed by atoms with Crippen molar-refractivity contribution in [3.63, 3.8) is 0 Å². The average molecular weight is 430 g/mol. The molecule has 0 spiro atoms. The van der Waals surface area contributed by atoms with Crippen molar-refractivity contribution in [2.75, 3.05) is 13.2 Å². The number of hydrogen-bond acceptors (Lipinski definition) is 8. The van der Waals surface area contributed by atoms with Crippen LogP contribution >= 0.6 is 15.6 Å². The molecule has 0 aromatic carbocycles. The molecule has 1 fully saturated rings. The van der Waals surface area contributed by atoms with Gasteiger partial charge in [0.1, 0.15) is 24.4 Å². The van der Waals surface area contributed by atoms with Crippen LogP contribution in [0.15, 0.2) is 0 Å². The van der Waals surface area contributed by atoms with Gasteiger partial charge in [0.2, 0.25) is 0 Å². The minimum Gasteiger partial charge on any atom is -1.00 e. The summed E-state index contributed by atoms with van der Waals surface area (Å²) in [6.07, 6.45) is -7.03. The van der Waals surface area contributed by atoms with Crippen LogP contribution in [0.4, 0.5) is 0 Å². The van der Waals surface area contributed by atoms with E-state index in [1.54, 1.807) is 0 Å². The third-order valence-corrected chi connectivity index (χ3v) is 4.12. The van der Waals surface area contributed by atoms with Crippen LogP contribution in [0.3, 0.4) is 0 Å². The van der Waals surface area contributed by atoms with E-state index in [9.17, 15) is 24.4 Å². The normalized spacial score (nSPS) is 30.3. The fourth-order valence-corrected chi connectivity index (χ4v) is 2.75. The molecular formula is C9H22Na2O12P2. The SMILES string of the molecule is O=P(O)(O)OCCCC1OC(COP(=O)(O)O)C(O)C(O)C1O.[H-].[H-].[Na+].[Na+]. The number of ether oxygens (including phenoxy) is 1. The van der Waals surface area contributed by atoms with Gasteiger partial charge in [0, 0.05) is 0 Å². The van der Waals surface area contributed by atoms with Crippen molar-refractivity contribution in [1.29, 1.82) is 0 Å². The van der Waals surface area contributed by atoms with Gasteiger partial charge in [-0.2, -0.15) is 0 Å². The molecule has 7 N–H and O–H groups in total. The summed E-state index contributed by atoms with van der Waals surface area (Å²) < 4.78 is 34.8. The molecule has 5 atom stereocenters. The molecule has 12 nitrogen and oxygen atoms in total. The van der Waals surface area contributed by atoms with Crippen molar-refractivity contribution in [3.05, 3.63) is 0 Å². The Bertz CT molecular complexity index is 480. The van der Waals surface area contributed by atoms with Crippen molar-refractivity contribution in [1.82, 2.24) is 0 Å². The monoisotopic (exact) mass is 430 g/mol. The van der Waals surface area contributed by atoms with E-state index < -0.39 is 52.8 Å². The van der Waals surface area contributed by atoms with Gasteiger partial charge in [0.25, 0.3) is 0 Å². The Morgan fingerprint density at radius 1 is 0.840 bits per heavy atom. The molecule has 1 aliphatic heterocycles. The minimum absolute atomic E-state index is 0. The van der Waals surface area contributed by atoms with E-state index >= 15 is 0 Å². The van der Waals surface area contributed by atoms with E-state index in [2.05, 4.69) is 9.05 Å². The average Bonchev–Trinajstić information content (AvgIpc) is 2.40. The van der Waals surface area contributed by atoms with Gasteiger partial charge in [-0.15, -0.1) is 0 Å². The van der Waals surface area contributed by atoms with Crippen molar-refractivity contribution >= 4 is 15.6 Å². The Labute approximate surface area is 190 Å². The van der Waals surface area contributed by atoms with Crippen LogP contribution in [0.25, 0.3) is 0 Å². The molecule has 25 heavy (non-hydrogen) atoms. The largest absolute Gasteiger partial charge is 1.00 e. The number of phosphoric ester groups is 2. The third-order valence-electron chi connectivity index (χ3n) is 3.11. The predicted molar refractivity (Wildman–Crippen MR) is 74.1 cm³/mol. The Morgan fingerprint density at radius 2 is 1.32 bits per heavy atom.